The van der Waals surface area contributed by atoms with E-state index in [2.05, 4.69) is 10.3 Å². The van der Waals surface area contributed by atoms with Gasteiger partial charge in [0.15, 0.2) is 0 Å². The Hall–Kier alpha value is -4.53. The lowest BCUT2D eigenvalue weighted by Crippen LogP contribution is -2.14. The molecule has 0 saturated heterocycles. The maximum atomic E-state index is 14.2. The SMILES string of the molecule is NC(=O)c1cccc(NC(=O)c2cc(F)cc(-c3nccc4occc34)c2)c1.O=CO. The largest absolute Gasteiger partial charge is 0.483 e. The zero-order valence-electron chi connectivity index (χ0n) is 15.9. The quantitative estimate of drug-likeness (QED) is 0.430. The molecule has 0 aliphatic carbocycles. The first kappa shape index (κ1) is 21.2. The van der Waals surface area contributed by atoms with E-state index in [1.165, 1.54) is 24.5 Å². The molecule has 0 unspecified atom stereocenters. The summed E-state index contributed by atoms with van der Waals surface area (Å²) in [5.41, 5.74) is 7.57. The number of aromatic nitrogens is 1. The third-order valence-corrected chi connectivity index (χ3v) is 4.22. The number of rotatable bonds is 4. The molecule has 0 aliphatic heterocycles. The molecule has 4 N–H and O–H groups in total. The van der Waals surface area contributed by atoms with Crippen LogP contribution in [0.2, 0.25) is 0 Å². The monoisotopic (exact) mass is 421 g/mol. The zero-order valence-corrected chi connectivity index (χ0v) is 15.9. The van der Waals surface area contributed by atoms with Crippen molar-refractivity contribution in [2.45, 2.75) is 0 Å². The predicted molar refractivity (Wildman–Crippen MR) is 111 cm³/mol. The highest BCUT2D eigenvalue weighted by molar-refractivity contribution is 6.06. The summed E-state index contributed by atoms with van der Waals surface area (Å²) in [4.78, 5) is 36.6. The van der Waals surface area contributed by atoms with Gasteiger partial charge in [-0.1, -0.05) is 6.07 Å². The number of carbonyl (C=O) groups is 3. The Balaban J connectivity index is 0.000000858. The molecule has 0 bridgehead atoms. The van der Waals surface area contributed by atoms with Crippen LogP contribution in [0.15, 0.2) is 71.5 Å². The minimum atomic E-state index is -0.608. The lowest BCUT2D eigenvalue weighted by molar-refractivity contribution is -0.122. The Labute approximate surface area is 175 Å². The molecule has 2 amide bonds. The summed E-state index contributed by atoms with van der Waals surface area (Å²) in [6.07, 6.45) is 3.08. The van der Waals surface area contributed by atoms with Crippen LogP contribution < -0.4 is 11.1 Å². The number of hydrogen-bond acceptors (Lipinski definition) is 5. The molecule has 9 heteroatoms. The van der Waals surface area contributed by atoms with Crippen LogP contribution in [0.5, 0.6) is 0 Å². The van der Waals surface area contributed by atoms with Gasteiger partial charge in [-0.25, -0.2) is 4.39 Å². The maximum absolute atomic E-state index is 14.2. The summed E-state index contributed by atoms with van der Waals surface area (Å²) in [7, 11) is 0. The molecule has 156 valence electrons. The number of fused-ring (bicyclic) bond motifs is 1. The van der Waals surface area contributed by atoms with E-state index in [9.17, 15) is 14.0 Å². The number of anilines is 1. The van der Waals surface area contributed by atoms with E-state index >= 15 is 0 Å². The molecule has 2 aromatic carbocycles. The van der Waals surface area contributed by atoms with E-state index in [1.54, 1.807) is 36.5 Å². The molecule has 4 rings (SSSR count). The van der Waals surface area contributed by atoms with Crippen molar-refractivity contribution in [3.8, 4) is 11.3 Å². The van der Waals surface area contributed by atoms with E-state index in [1.807, 2.05) is 0 Å². The summed E-state index contributed by atoms with van der Waals surface area (Å²) in [6.45, 7) is -0.250. The van der Waals surface area contributed by atoms with Crippen molar-refractivity contribution in [1.82, 2.24) is 4.98 Å². The fourth-order valence-electron chi connectivity index (χ4n) is 2.94. The van der Waals surface area contributed by atoms with Crippen LogP contribution in [0.3, 0.4) is 0 Å². The van der Waals surface area contributed by atoms with E-state index in [4.69, 9.17) is 20.1 Å². The number of pyridine rings is 1. The van der Waals surface area contributed by atoms with Crippen LogP contribution in [0.4, 0.5) is 10.1 Å². The number of nitrogens with zero attached hydrogens (tertiary/aromatic N) is 1. The molecule has 0 atom stereocenters. The van der Waals surface area contributed by atoms with E-state index < -0.39 is 17.6 Å². The number of furan rings is 1. The molecule has 2 aromatic heterocycles. The number of nitrogens with one attached hydrogen (secondary N) is 1. The molecule has 4 aromatic rings. The Morgan fingerprint density at radius 1 is 1.10 bits per heavy atom. The van der Waals surface area contributed by atoms with Crippen molar-refractivity contribution in [1.29, 1.82) is 0 Å². The van der Waals surface area contributed by atoms with Gasteiger partial charge < -0.3 is 20.6 Å². The standard InChI is InChI=1S/C21H14FN3O3.CH2O2/c22-15-9-13(19-17-5-7-28-18(17)4-6-24-19)8-14(10-15)21(27)25-16-3-1-2-12(11-16)20(23)26;2-1-3/h1-11H,(H2,23,26)(H,25,27);1H,(H,2,3). The zero-order chi connectivity index (χ0) is 22.4. The van der Waals surface area contributed by atoms with Crippen molar-refractivity contribution >= 4 is 34.9 Å². The number of amides is 2. The normalized spacial score (nSPS) is 10.1. The van der Waals surface area contributed by atoms with Gasteiger partial charge in [0.2, 0.25) is 5.91 Å². The van der Waals surface area contributed by atoms with E-state index in [0.717, 1.165) is 6.07 Å². The molecule has 0 saturated carbocycles. The van der Waals surface area contributed by atoms with Gasteiger partial charge in [0.05, 0.1) is 12.0 Å². The number of nitrogens with two attached hydrogens (primary N) is 1. The van der Waals surface area contributed by atoms with Crippen molar-refractivity contribution in [3.05, 3.63) is 84.0 Å². The first-order chi connectivity index (χ1) is 14.9. The second-order valence-corrected chi connectivity index (χ2v) is 6.23. The van der Waals surface area contributed by atoms with Gasteiger partial charge in [0.25, 0.3) is 12.4 Å². The van der Waals surface area contributed by atoms with Gasteiger partial charge in [0, 0.05) is 34.0 Å². The van der Waals surface area contributed by atoms with Gasteiger partial charge in [-0.05, 0) is 48.5 Å². The Morgan fingerprint density at radius 3 is 2.61 bits per heavy atom. The highest BCUT2D eigenvalue weighted by atomic mass is 19.1. The first-order valence-electron chi connectivity index (χ1n) is 8.85. The Kier molecular flexibility index (Phi) is 6.36. The highest BCUT2D eigenvalue weighted by Crippen LogP contribution is 2.28. The minimum absolute atomic E-state index is 0.113. The van der Waals surface area contributed by atoms with Crippen LogP contribution in [0.25, 0.3) is 22.2 Å². The second kappa shape index (κ2) is 9.31. The molecular formula is C22H16FN3O5. The van der Waals surface area contributed by atoms with E-state index in [-0.39, 0.29) is 17.6 Å². The van der Waals surface area contributed by atoms with Gasteiger partial charge in [-0.3, -0.25) is 19.4 Å². The molecule has 0 fully saturated rings. The average molecular weight is 421 g/mol. The van der Waals surface area contributed by atoms with Gasteiger partial charge in [-0.2, -0.15) is 0 Å². The van der Waals surface area contributed by atoms with Crippen LogP contribution >= 0.6 is 0 Å². The van der Waals surface area contributed by atoms with E-state index in [0.29, 0.717) is 27.9 Å². The fourth-order valence-corrected chi connectivity index (χ4v) is 2.94. The average Bonchev–Trinajstić information content (AvgIpc) is 3.23. The van der Waals surface area contributed by atoms with Crippen LogP contribution in [0.1, 0.15) is 20.7 Å². The Morgan fingerprint density at radius 2 is 1.87 bits per heavy atom. The lowest BCUT2D eigenvalue weighted by atomic mass is 10.0. The van der Waals surface area contributed by atoms with Crippen molar-refractivity contribution in [2.24, 2.45) is 5.73 Å². The van der Waals surface area contributed by atoms with Crippen LogP contribution in [0, 0.1) is 5.82 Å². The number of halogens is 1. The molecular weight excluding hydrogens is 405 g/mol. The number of primary amides is 1. The first-order valence-corrected chi connectivity index (χ1v) is 8.85. The summed E-state index contributed by atoms with van der Waals surface area (Å²) in [5.74, 6) is -1.71. The summed E-state index contributed by atoms with van der Waals surface area (Å²) < 4.78 is 19.6. The second-order valence-electron chi connectivity index (χ2n) is 6.23. The third-order valence-electron chi connectivity index (χ3n) is 4.22. The van der Waals surface area contributed by atoms with Crippen molar-refractivity contribution in [3.63, 3.8) is 0 Å². The molecule has 2 heterocycles. The Bertz CT molecular complexity index is 1270. The molecule has 0 spiro atoms. The topological polar surface area (TPSA) is 136 Å². The minimum Gasteiger partial charge on any atom is -0.483 e. The molecule has 0 radical (unpaired) electrons. The fraction of sp³-hybridized carbons (Fsp3) is 0. The van der Waals surface area contributed by atoms with Gasteiger partial charge >= 0.3 is 0 Å². The third kappa shape index (κ3) is 4.91. The lowest BCUT2D eigenvalue weighted by Gasteiger charge is -2.09. The van der Waals surface area contributed by atoms with Gasteiger partial charge in [-0.15, -0.1) is 0 Å². The van der Waals surface area contributed by atoms with Gasteiger partial charge in [0.1, 0.15) is 11.4 Å². The smallest absolute Gasteiger partial charge is 0.290 e. The van der Waals surface area contributed by atoms with Crippen molar-refractivity contribution in [2.75, 3.05) is 5.32 Å². The summed E-state index contributed by atoms with van der Waals surface area (Å²) in [5, 5.41) is 10.2. The predicted octanol–water partition coefficient (Wildman–Crippen LogP) is 3.69. The summed E-state index contributed by atoms with van der Waals surface area (Å²) >= 11 is 0. The van der Waals surface area contributed by atoms with Crippen molar-refractivity contribution < 1.29 is 28.3 Å². The number of hydrogen-bond donors (Lipinski definition) is 3. The number of carboxylic acid groups (broad SMARTS) is 1. The maximum Gasteiger partial charge on any atom is 0.290 e. The van der Waals surface area contributed by atoms with Crippen LogP contribution in [-0.2, 0) is 4.79 Å². The summed E-state index contributed by atoms with van der Waals surface area (Å²) in [6, 6.07) is 13.6. The highest BCUT2D eigenvalue weighted by Gasteiger charge is 2.14. The molecule has 0 aliphatic rings. The molecule has 8 nitrogen and oxygen atoms in total. The number of carbonyl (C=O) groups excluding carboxylic acids is 2. The molecule has 31 heavy (non-hydrogen) atoms. The number of benzene rings is 2. The van der Waals surface area contributed by atoms with Crippen LogP contribution in [-0.4, -0.2) is 28.4 Å².